The summed E-state index contributed by atoms with van der Waals surface area (Å²) in [5.74, 6) is -0.875. The Hall–Kier alpha value is -1.39. The normalized spacial score (nSPS) is 14.3. The zero-order valence-electron chi connectivity index (χ0n) is 10.4. The number of carboxylic acids is 1. The number of hydrogen-bond acceptors (Lipinski definition) is 3. The van der Waals surface area contributed by atoms with Crippen LogP contribution in [0.3, 0.4) is 0 Å². The van der Waals surface area contributed by atoms with Crippen molar-refractivity contribution in [2.45, 2.75) is 25.8 Å². The predicted octanol–water partition coefficient (Wildman–Crippen LogP) is 1.23. The maximum atomic E-state index is 11.4. The molecular formula is C13H20N2O2. The lowest BCUT2D eigenvalue weighted by molar-refractivity contribution is -0.144. The highest BCUT2D eigenvalue weighted by Gasteiger charge is 2.34. The summed E-state index contributed by atoms with van der Waals surface area (Å²) in [6, 6.07) is 7.54. The van der Waals surface area contributed by atoms with Gasteiger partial charge in [-0.05, 0) is 38.9 Å². The predicted molar refractivity (Wildman–Crippen MR) is 67.8 cm³/mol. The molecule has 0 amide bonds. The highest BCUT2D eigenvalue weighted by Crippen LogP contribution is 2.22. The molecule has 4 nitrogen and oxygen atoms in total. The largest absolute Gasteiger partial charge is 0.480 e. The van der Waals surface area contributed by atoms with E-state index >= 15 is 0 Å². The maximum absolute atomic E-state index is 11.4. The summed E-state index contributed by atoms with van der Waals surface area (Å²) in [4.78, 5) is 11.4. The molecule has 1 atom stereocenters. The van der Waals surface area contributed by atoms with Crippen LogP contribution in [-0.4, -0.2) is 24.2 Å². The fourth-order valence-electron chi connectivity index (χ4n) is 1.70. The van der Waals surface area contributed by atoms with E-state index in [-0.39, 0.29) is 0 Å². The Labute approximate surface area is 102 Å². The molecule has 0 saturated carbocycles. The lowest BCUT2D eigenvalue weighted by Gasteiger charge is -2.27. The van der Waals surface area contributed by atoms with E-state index in [1.54, 1.807) is 6.92 Å². The van der Waals surface area contributed by atoms with Gasteiger partial charge in [0, 0.05) is 0 Å². The first-order valence-corrected chi connectivity index (χ1v) is 5.76. The Morgan fingerprint density at radius 1 is 1.53 bits per heavy atom. The van der Waals surface area contributed by atoms with Crippen molar-refractivity contribution in [1.29, 1.82) is 0 Å². The smallest absolute Gasteiger partial charge is 0.328 e. The van der Waals surface area contributed by atoms with Gasteiger partial charge in [0.15, 0.2) is 0 Å². The van der Waals surface area contributed by atoms with Gasteiger partial charge in [-0.2, -0.15) is 0 Å². The minimum Gasteiger partial charge on any atom is -0.480 e. The maximum Gasteiger partial charge on any atom is 0.328 e. The molecule has 4 heteroatoms. The van der Waals surface area contributed by atoms with Crippen molar-refractivity contribution < 1.29 is 9.90 Å². The van der Waals surface area contributed by atoms with Gasteiger partial charge in [0.1, 0.15) is 5.54 Å². The molecule has 0 saturated heterocycles. The highest BCUT2D eigenvalue weighted by atomic mass is 16.4. The molecule has 1 aromatic carbocycles. The number of nitrogens with two attached hydrogens (primary N) is 1. The van der Waals surface area contributed by atoms with Crippen molar-refractivity contribution in [3.63, 3.8) is 0 Å². The second-order valence-corrected chi connectivity index (χ2v) is 4.37. The molecule has 0 aliphatic heterocycles. The van der Waals surface area contributed by atoms with Gasteiger partial charge in [0.25, 0.3) is 0 Å². The molecule has 0 fully saturated rings. The van der Waals surface area contributed by atoms with Crippen LogP contribution in [0.1, 0.15) is 24.5 Å². The molecule has 0 aromatic heterocycles. The summed E-state index contributed by atoms with van der Waals surface area (Å²) in [5.41, 5.74) is 6.17. The molecule has 0 bridgehead atoms. The highest BCUT2D eigenvalue weighted by molar-refractivity contribution is 5.80. The molecule has 0 heterocycles. The third-order valence-electron chi connectivity index (χ3n) is 2.88. The summed E-state index contributed by atoms with van der Waals surface area (Å²) in [5, 5.41) is 12.4. The number of rotatable bonds is 6. The van der Waals surface area contributed by atoms with Crippen LogP contribution >= 0.6 is 0 Å². The van der Waals surface area contributed by atoms with Crippen LogP contribution < -0.4 is 11.1 Å². The molecule has 1 aromatic rings. The average molecular weight is 236 g/mol. The van der Waals surface area contributed by atoms with Gasteiger partial charge in [-0.25, -0.2) is 4.79 Å². The molecule has 1 unspecified atom stereocenters. The number of nitrogens with one attached hydrogen (secondary N) is 1. The minimum absolute atomic E-state index is 0.552. The zero-order valence-corrected chi connectivity index (χ0v) is 10.4. The molecule has 1 rings (SSSR count). The number of carboxylic acid groups (broad SMARTS) is 1. The third-order valence-corrected chi connectivity index (χ3v) is 2.88. The number of benzene rings is 1. The van der Waals surface area contributed by atoms with Crippen molar-refractivity contribution in [1.82, 2.24) is 5.32 Å². The van der Waals surface area contributed by atoms with Crippen molar-refractivity contribution >= 4 is 5.97 Å². The van der Waals surface area contributed by atoms with Gasteiger partial charge in [0.05, 0.1) is 0 Å². The molecule has 0 radical (unpaired) electrons. The Bertz CT molecular complexity index is 393. The summed E-state index contributed by atoms with van der Waals surface area (Å²) >= 11 is 0. The van der Waals surface area contributed by atoms with Gasteiger partial charge >= 0.3 is 5.97 Å². The van der Waals surface area contributed by atoms with E-state index in [2.05, 4.69) is 5.32 Å². The summed E-state index contributed by atoms with van der Waals surface area (Å²) in [7, 11) is 0. The Balaban J connectivity index is 2.95. The first-order valence-electron chi connectivity index (χ1n) is 5.76. The Morgan fingerprint density at radius 2 is 2.24 bits per heavy atom. The van der Waals surface area contributed by atoms with E-state index in [4.69, 9.17) is 5.73 Å². The summed E-state index contributed by atoms with van der Waals surface area (Å²) in [6.45, 7) is 4.77. The van der Waals surface area contributed by atoms with Crippen LogP contribution in [0.2, 0.25) is 0 Å². The van der Waals surface area contributed by atoms with Crippen molar-refractivity contribution in [2.75, 3.05) is 13.1 Å². The van der Waals surface area contributed by atoms with Crippen molar-refractivity contribution in [2.24, 2.45) is 5.73 Å². The van der Waals surface area contributed by atoms with E-state index in [1.165, 1.54) is 0 Å². The standard InChI is InChI=1S/C13H20N2O2/c1-10-5-3-6-11(9-10)13(2,12(16)17)15-8-4-7-14/h3,5-6,9,15H,4,7-8,14H2,1-2H3,(H,16,17). The van der Waals surface area contributed by atoms with Gasteiger partial charge in [-0.15, -0.1) is 0 Å². The van der Waals surface area contributed by atoms with Crippen LogP contribution in [0.15, 0.2) is 24.3 Å². The minimum atomic E-state index is -1.05. The molecule has 4 N–H and O–H groups in total. The Morgan fingerprint density at radius 3 is 2.76 bits per heavy atom. The van der Waals surface area contributed by atoms with Crippen molar-refractivity contribution in [3.05, 3.63) is 35.4 Å². The van der Waals surface area contributed by atoms with E-state index in [9.17, 15) is 9.90 Å². The monoisotopic (exact) mass is 236 g/mol. The molecular weight excluding hydrogens is 216 g/mol. The van der Waals surface area contributed by atoms with Crippen LogP contribution in [-0.2, 0) is 10.3 Å². The molecule has 17 heavy (non-hydrogen) atoms. The van der Waals surface area contributed by atoms with E-state index in [1.807, 2.05) is 31.2 Å². The van der Waals surface area contributed by atoms with Crippen LogP contribution in [0, 0.1) is 6.92 Å². The third kappa shape index (κ3) is 3.28. The average Bonchev–Trinajstić information content (AvgIpc) is 2.29. The van der Waals surface area contributed by atoms with Gasteiger partial charge in [-0.3, -0.25) is 5.32 Å². The number of hydrogen-bond donors (Lipinski definition) is 3. The zero-order chi connectivity index (χ0) is 12.9. The molecule has 0 aliphatic rings. The number of aryl methyl sites for hydroxylation is 1. The number of carbonyl (C=O) groups is 1. The summed E-state index contributed by atoms with van der Waals surface area (Å²) in [6.07, 6.45) is 0.759. The quantitative estimate of drug-likeness (QED) is 0.649. The van der Waals surface area contributed by atoms with Crippen LogP contribution in [0.4, 0.5) is 0 Å². The van der Waals surface area contributed by atoms with Crippen LogP contribution in [0.25, 0.3) is 0 Å². The SMILES string of the molecule is Cc1cccc(C(C)(NCCCN)C(=O)O)c1. The van der Waals surface area contributed by atoms with Gasteiger partial charge < -0.3 is 10.8 Å². The fourth-order valence-corrected chi connectivity index (χ4v) is 1.70. The van der Waals surface area contributed by atoms with Crippen LogP contribution in [0.5, 0.6) is 0 Å². The second-order valence-electron chi connectivity index (χ2n) is 4.37. The molecule has 94 valence electrons. The topological polar surface area (TPSA) is 75.3 Å². The van der Waals surface area contributed by atoms with E-state index in [0.29, 0.717) is 13.1 Å². The van der Waals surface area contributed by atoms with Gasteiger partial charge in [-0.1, -0.05) is 29.8 Å². The lowest BCUT2D eigenvalue weighted by Crippen LogP contribution is -2.47. The first-order chi connectivity index (χ1) is 8.00. The van der Waals surface area contributed by atoms with E-state index in [0.717, 1.165) is 17.5 Å². The fraction of sp³-hybridized carbons (Fsp3) is 0.462. The Kier molecular flexibility index (Phi) is 4.66. The lowest BCUT2D eigenvalue weighted by atomic mass is 9.91. The second kappa shape index (κ2) is 5.80. The summed E-state index contributed by atoms with van der Waals surface area (Å²) < 4.78 is 0. The first kappa shape index (κ1) is 13.7. The van der Waals surface area contributed by atoms with Crippen molar-refractivity contribution in [3.8, 4) is 0 Å². The molecule has 0 aliphatic carbocycles. The van der Waals surface area contributed by atoms with Gasteiger partial charge in [0.2, 0.25) is 0 Å². The number of aliphatic carboxylic acids is 1. The molecule has 0 spiro atoms. The van der Waals surface area contributed by atoms with E-state index < -0.39 is 11.5 Å².